The number of nitrogens with one attached hydrogen (secondary N) is 1. The van der Waals surface area contributed by atoms with Gasteiger partial charge in [0, 0.05) is 32.6 Å². The summed E-state index contributed by atoms with van der Waals surface area (Å²) >= 11 is 0. The summed E-state index contributed by atoms with van der Waals surface area (Å²) in [5.41, 5.74) is 0.784. The summed E-state index contributed by atoms with van der Waals surface area (Å²) in [7, 11) is 3.00. The lowest BCUT2D eigenvalue weighted by atomic mass is 9.90. The van der Waals surface area contributed by atoms with Gasteiger partial charge in [0.2, 0.25) is 0 Å². The van der Waals surface area contributed by atoms with E-state index >= 15 is 0 Å². The van der Waals surface area contributed by atoms with Crippen molar-refractivity contribution in [2.75, 3.05) is 40.4 Å². The largest absolute Gasteiger partial charge is 0.465 e. The molecule has 3 heterocycles. The van der Waals surface area contributed by atoms with Gasteiger partial charge in [0.15, 0.2) is 0 Å². The highest BCUT2D eigenvalue weighted by Crippen LogP contribution is 2.29. The molecule has 2 fully saturated rings. The summed E-state index contributed by atoms with van der Waals surface area (Å²) in [4.78, 5) is 30.8. The number of halogens is 1. The fraction of sp³-hybridized carbons (Fsp3) is 0.632. The van der Waals surface area contributed by atoms with Crippen molar-refractivity contribution in [1.82, 2.24) is 15.2 Å². The number of hydrogen-bond donors (Lipinski definition) is 1. The number of hydrogen-bond acceptors (Lipinski definition) is 6. The number of piperidine rings is 1. The molecule has 7 nitrogen and oxygen atoms in total. The van der Waals surface area contributed by atoms with Gasteiger partial charge in [0.25, 0.3) is 5.91 Å². The minimum atomic E-state index is -0.674. The molecule has 1 amide bonds. The van der Waals surface area contributed by atoms with Crippen LogP contribution < -0.4 is 5.32 Å². The minimum absolute atomic E-state index is 0. The Balaban J connectivity index is 0.00000261. The zero-order chi connectivity index (χ0) is 18.6. The van der Waals surface area contributed by atoms with Crippen LogP contribution in [0.2, 0.25) is 0 Å². The topological polar surface area (TPSA) is 80.8 Å². The number of esters is 1. The van der Waals surface area contributed by atoms with Crippen LogP contribution in [0.3, 0.4) is 0 Å². The molecule has 1 atom stereocenters. The normalized spacial score (nSPS) is 21.4. The Hall–Kier alpha value is -1.70. The summed E-state index contributed by atoms with van der Waals surface area (Å²) in [5.74, 6) is 0.102. The first-order valence-electron chi connectivity index (χ1n) is 9.15. The summed E-state index contributed by atoms with van der Waals surface area (Å²) in [5, 5.41) is 3.28. The van der Waals surface area contributed by atoms with Crippen molar-refractivity contribution in [2.24, 2.45) is 5.92 Å². The van der Waals surface area contributed by atoms with E-state index in [9.17, 15) is 9.59 Å². The molecule has 2 saturated heterocycles. The van der Waals surface area contributed by atoms with E-state index < -0.39 is 5.60 Å². The molecule has 3 rings (SSSR count). The predicted molar refractivity (Wildman–Crippen MR) is 103 cm³/mol. The predicted octanol–water partition coefficient (Wildman–Crippen LogP) is 1.45. The van der Waals surface area contributed by atoms with E-state index in [1.165, 1.54) is 13.3 Å². The molecule has 2 aliphatic rings. The molecule has 1 N–H and O–H groups in total. The molecule has 0 bridgehead atoms. The minimum Gasteiger partial charge on any atom is -0.465 e. The van der Waals surface area contributed by atoms with E-state index in [-0.39, 0.29) is 24.3 Å². The Kier molecular flexibility index (Phi) is 7.59. The molecule has 0 saturated carbocycles. The number of carbonyl (C=O) groups excluding carboxylic acids is 2. The van der Waals surface area contributed by atoms with Gasteiger partial charge >= 0.3 is 5.97 Å². The average Bonchev–Trinajstić information content (AvgIpc) is 3.15. The van der Waals surface area contributed by atoms with Crippen LogP contribution in [0.4, 0.5) is 0 Å². The Bertz CT molecular complexity index is 664. The number of methoxy groups -OCH3 is 2. The van der Waals surface area contributed by atoms with E-state index in [0.29, 0.717) is 24.3 Å². The molecule has 2 aliphatic heterocycles. The molecule has 1 aromatic heterocycles. The maximum atomic E-state index is 13.0. The molecule has 0 aromatic carbocycles. The van der Waals surface area contributed by atoms with Gasteiger partial charge in [0.05, 0.1) is 12.7 Å². The van der Waals surface area contributed by atoms with Gasteiger partial charge in [-0.3, -0.25) is 9.78 Å². The van der Waals surface area contributed by atoms with E-state index in [0.717, 1.165) is 44.6 Å². The Labute approximate surface area is 166 Å². The van der Waals surface area contributed by atoms with Crippen LogP contribution in [-0.4, -0.2) is 67.8 Å². The molecule has 150 valence electrons. The third-order valence-corrected chi connectivity index (χ3v) is 5.51. The first-order valence-corrected chi connectivity index (χ1v) is 9.15. The summed E-state index contributed by atoms with van der Waals surface area (Å²) < 4.78 is 10.4. The monoisotopic (exact) mass is 397 g/mol. The van der Waals surface area contributed by atoms with Crippen LogP contribution >= 0.6 is 12.4 Å². The Morgan fingerprint density at radius 1 is 1.30 bits per heavy atom. The second-order valence-corrected chi connectivity index (χ2v) is 7.13. The molecular weight excluding hydrogens is 370 g/mol. The third kappa shape index (κ3) is 4.78. The lowest BCUT2D eigenvalue weighted by Crippen LogP contribution is -2.54. The van der Waals surface area contributed by atoms with Gasteiger partial charge in [0.1, 0.15) is 5.60 Å². The van der Waals surface area contributed by atoms with Crippen LogP contribution in [0.1, 0.15) is 35.2 Å². The third-order valence-electron chi connectivity index (χ3n) is 5.51. The van der Waals surface area contributed by atoms with Crippen LogP contribution in [0.5, 0.6) is 0 Å². The number of amides is 1. The SMILES string of the molecule is COC(=O)c1cncc(CC2CCN(C(=O)C3(OC)CCNCC3)C2)c1.Cl. The molecule has 0 spiro atoms. The van der Waals surface area contributed by atoms with Crippen molar-refractivity contribution in [3.63, 3.8) is 0 Å². The highest BCUT2D eigenvalue weighted by Gasteiger charge is 2.44. The highest BCUT2D eigenvalue weighted by atomic mass is 35.5. The number of rotatable bonds is 5. The zero-order valence-electron chi connectivity index (χ0n) is 15.9. The quantitative estimate of drug-likeness (QED) is 0.757. The number of pyridine rings is 1. The number of likely N-dealkylation sites (tertiary alicyclic amines) is 1. The van der Waals surface area contributed by atoms with Crippen molar-refractivity contribution in [1.29, 1.82) is 0 Å². The van der Waals surface area contributed by atoms with E-state index in [1.807, 2.05) is 11.0 Å². The van der Waals surface area contributed by atoms with Gasteiger partial charge in [-0.2, -0.15) is 0 Å². The molecule has 0 aliphatic carbocycles. The molecule has 0 radical (unpaired) electrons. The van der Waals surface area contributed by atoms with Gasteiger partial charge in [-0.25, -0.2) is 4.79 Å². The van der Waals surface area contributed by atoms with E-state index in [2.05, 4.69) is 10.3 Å². The Morgan fingerprint density at radius 2 is 2.04 bits per heavy atom. The maximum Gasteiger partial charge on any atom is 0.339 e. The molecule has 27 heavy (non-hydrogen) atoms. The molecule has 1 aromatic rings. The van der Waals surface area contributed by atoms with Gasteiger partial charge in [-0.05, 0) is 56.3 Å². The first kappa shape index (κ1) is 21.6. The number of carbonyl (C=O) groups is 2. The van der Waals surface area contributed by atoms with Gasteiger partial charge < -0.3 is 19.7 Å². The van der Waals surface area contributed by atoms with Crippen molar-refractivity contribution in [2.45, 2.75) is 31.3 Å². The van der Waals surface area contributed by atoms with Crippen molar-refractivity contribution in [3.05, 3.63) is 29.6 Å². The first-order chi connectivity index (χ1) is 12.6. The zero-order valence-corrected chi connectivity index (χ0v) is 16.7. The van der Waals surface area contributed by atoms with Crippen molar-refractivity contribution >= 4 is 24.3 Å². The maximum absolute atomic E-state index is 13.0. The lowest BCUT2D eigenvalue weighted by Gasteiger charge is -2.37. The second kappa shape index (κ2) is 9.48. The fourth-order valence-electron chi connectivity index (χ4n) is 3.97. The van der Waals surface area contributed by atoms with Crippen LogP contribution in [0.25, 0.3) is 0 Å². The summed E-state index contributed by atoms with van der Waals surface area (Å²) in [6.07, 6.45) is 6.47. The average molecular weight is 398 g/mol. The molecule has 1 unspecified atom stereocenters. The van der Waals surface area contributed by atoms with Crippen molar-refractivity contribution < 1.29 is 19.1 Å². The standard InChI is InChI=1S/C19H27N3O4.ClH/c1-25-17(23)16-10-15(11-21-12-16)9-14-3-8-22(13-14)18(24)19(26-2)4-6-20-7-5-19;/h10-12,14,20H,3-9,13H2,1-2H3;1H. The molecule has 8 heteroatoms. The Morgan fingerprint density at radius 3 is 2.70 bits per heavy atom. The number of nitrogens with zero attached hydrogens (tertiary/aromatic N) is 2. The van der Waals surface area contributed by atoms with E-state index in [1.54, 1.807) is 13.3 Å². The second-order valence-electron chi connectivity index (χ2n) is 7.13. The lowest BCUT2D eigenvalue weighted by molar-refractivity contribution is -0.157. The summed E-state index contributed by atoms with van der Waals surface area (Å²) in [6, 6.07) is 1.83. The number of aromatic nitrogens is 1. The fourth-order valence-corrected chi connectivity index (χ4v) is 3.97. The van der Waals surface area contributed by atoms with Gasteiger partial charge in [-0.15, -0.1) is 12.4 Å². The summed E-state index contributed by atoms with van der Waals surface area (Å²) in [6.45, 7) is 3.09. The smallest absolute Gasteiger partial charge is 0.339 e. The van der Waals surface area contributed by atoms with Crippen molar-refractivity contribution in [3.8, 4) is 0 Å². The van der Waals surface area contributed by atoms with E-state index in [4.69, 9.17) is 9.47 Å². The highest BCUT2D eigenvalue weighted by molar-refractivity contribution is 5.89. The van der Waals surface area contributed by atoms with Crippen LogP contribution in [0, 0.1) is 5.92 Å². The van der Waals surface area contributed by atoms with Crippen LogP contribution in [-0.2, 0) is 20.7 Å². The van der Waals surface area contributed by atoms with Crippen LogP contribution in [0.15, 0.2) is 18.5 Å². The van der Waals surface area contributed by atoms with Gasteiger partial charge in [-0.1, -0.05) is 0 Å². The number of ether oxygens (including phenoxy) is 2. The molecular formula is C19H28ClN3O4.